The third-order valence-corrected chi connectivity index (χ3v) is 35.6. The summed E-state index contributed by atoms with van der Waals surface area (Å²) in [5.74, 6) is -1.79. The Labute approximate surface area is 743 Å². The molecule has 2 aliphatic heterocycles. The van der Waals surface area contributed by atoms with E-state index in [0.29, 0.717) is 74.4 Å². The second-order valence-electron chi connectivity index (χ2n) is 34.7. The van der Waals surface area contributed by atoms with Crippen LogP contribution in [0.25, 0.3) is 89.7 Å². The van der Waals surface area contributed by atoms with E-state index in [4.69, 9.17) is 39.4 Å². The van der Waals surface area contributed by atoms with Crippen molar-refractivity contribution >= 4 is 103 Å². The molecule has 4 aromatic carbocycles. The molecule has 0 aliphatic carbocycles. The Kier molecular flexibility index (Phi) is 41.2. The van der Waals surface area contributed by atoms with Crippen molar-refractivity contribution in [1.82, 2.24) is 39.9 Å². The van der Waals surface area contributed by atoms with Crippen LogP contribution >= 0.6 is 0 Å². The van der Waals surface area contributed by atoms with E-state index < -0.39 is 88.4 Å². The molecule has 2 N–H and O–H groups in total. The van der Waals surface area contributed by atoms with E-state index in [-0.39, 0.29) is 152 Å². The number of aromatic amines is 2. The monoisotopic (exact) mass is 1830 g/mol. The summed E-state index contributed by atoms with van der Waals surface area (Å²) >= 11 is 0. The molecular formula is C96H146N8O14S6. The van der Waals surface area contributed by atoms with Crippen LogP contribution in [0.1, 0.15) is 364 Å². The number of sulfone groups is 6. The van der Waals surface area contributed by atoms with Crippen molar-refractivity contribution in [3.63, 3.8) is 0 Å². The molecule has 8 bridgehead atoms. The smallest absolute Gasteiger partial charge is 0.179 e. The standard InChI is InChI=1S/C96H146N8O14S6/c1-9-17-25-33-41-49-57-117-81-65-73-74(66-82(81)118-58-50-42-34-26-18-10-2)90-97-89(73)98-91-75-67-83(119(105,106)59-51-43-35-27-19-11-3)85(121(109,110)61-53-45-37-29-21-13-5)69-77(75)93(100-91)102-95-79-71-87(123(113,114)63-55-47-39-31-23-15-7)88(124(115,116)64-56-48-40-32-24-16-8)72-80(79)96(104-95)103-94-78-70-86(122(111,112)62-54-46-38-30-22-14-6)84(68-76(78)92(99-90)101-94)120(107,108)60-52-44-36-28-20-12-4/h65-72H,9-64H2,1-8H3,(H2,97,98,99,100,101,102,103,104). The summed E-state index contributed by atoms with van der Waals surface area (Å²) in [6.45, 7) is 17.6. The van der Waals surface area contributed by atoms with Crippen molar-refractivity contribution in [2.45, 2.75) is 393 Å². The van der Waals surface area contributed by atoms with Crippen molar-refractivity contribution in [3.05, 3.63) is 48.5 Å². The van der Waals surface area contributed by atoms with Gasteiger partial charge in [0.05, 0.1) is 77.1 Å². The minimum absolute atomic E-state index is 0.0142. The zero-order valence-corrected chi connectivity index (χ0v) is 81.0. The lowest BCUT2D eigenvalue weighted by Gasteiger charge is -2.15. The number of nitrogens with zero attached hydrogens (tertiary/aromatic N) is 6. The Bertz CT molecular complexity index is 5190. The second kappa shape index (κ2) is 50.5. The highest BCUT2D eigenvalue weighted by Gasteiger charge is 2.36. The van der Waals surface area contributed by atoms with Crippen molar-refractivity contribution < 1.29 is 60.0 Å². The summed E-state index contributed by atoms with van der Waals surface area (Å²) in [5, 5.41) is 0.437. The minimum Gasteiger partial charge on any atom is -0.490 e. The molecule has 0 saturated heterocycles. The fourth-order valence-electron chi connectivity index (χ4n) is 16.7. The van der Waals surface area contributed by atoms with Gasteiger partial charge in [-0.15, -0.1) is 0 Å². The Morgan fingerprint density at radius 2 is 0.379 bits per heavy atom. The van der Waals surface area contributed by atoms with E-state index in [1.54, 1.807) is 12.1 Å². The van der Waals surface area contributed by atoms with Gasteiger partial charge in [-0.2, -0.15) is 0 Å². The Morgan fingerprint density at radius 3 is 0.581 bits per heavy atom. The lowest BCUT2D eigenvalue weighted by Crippen LogP contribution is -2.16. The van der Waals surface area contributed by atoms with E-state index in [9.17, 15) is 0 Å². The predicted molar refractivity (Wildman–Crippen MR) is 506 cm³/mol. The fraction of sp³-hybridized carbons (Fsp3) is 0.667. The number of hydrogen-bond donors (Lipinski definition) is 2. The van der Waals surface area contributed by atoms with Crippen LogP contribution in [0.4, 0.5) is 0 Å². The molecule has 28 heteroatoms. The van der Waals surface area contributed by atoms with E-state index >= 15 is 50.5 Å². The maximum absolute atomic E-state index is 15.4. The molecule has 0 saturated carbocycles. The molecule has 0 atom stereocenters. The van der Waals surface area contributed by atoms with Gasteiger partial charge >= 0.3 is 0 Å². The zero-order valence-electron chi connectivity index (χ0n) is 76.1. The number of ether oxygens (including phenoxy) is 2. The number of hydrogen-bond acceptors (Lipinski definition) is 20. The average Bonchev–Trinajstić information content (AvgIpc) is 1.53. The molecule has 22 nitrogen and oxygen atoms in total. The van der Waals surface area contributed by atoms with E-state index in [1.165, 1.54) is 36.4 Å². The number of fused-ring (bicyclic) bond motifs is 20. The van der Waals surface area contributed by atoms with E-state index in [1.807, 2.05) is 0 Å². The van der Waals surface area contributed by atoms with Crippen LogP contribution < -0.4 is 9.47 Å². The molecule has 0 spiro atoms. The molecule has 5 heterocycles. The number of H-pyrrole nitrogens is 2. The topological polar surface area (TPSA) is 332 Å². The SMILES string of the molecule is CCCCCCCCOc1cc2c(cc1OCCCCCCCC)-c1nc-2nc2[nH]c(nc3nc(nc4[nH]c(n1)c1cc(S(=O)(=O)CCCCCCCC)c(S(=O)(=O)CCCCCCCC)cc41)-c1cc(S(=O)(=O)CCCCCCCC)c(S(=O)(=O)CCCCCCCC)cc1-3)c1cc(S(=O)(=O)CCCCCCCC)c(S(=O)(=O)CCCCCCCC)cc21. The van der Waals surface area contributed by atoms with Gasteiger partial charge in [-0.25, -0.2) is 80.4 Å². The van der Waals surface area contributed by atoms with Crippen LogP contribution in [-0.4, -0.2) is 138 Å². The number of rotatable bonds is 64. The zero-order chi connectivity index (χ0) is 89.2. The van der Waals surface area contributed by atoms with Gasteiger partial charge in [0.25, 0.3) is 0 Å². The quantitative estimate of drug-likeness (QED) is 0.0334. The van der Waals surface area contributed by atoms with Gasteiger partial charge in [0, 0.05) is 43.8 Å². The Morgan fingerprint density at radius 1 is 0.210 bits per heavy atom. The summed E-state index contributed by atoms with van der Waals surface area (Å²) in [4.78, 5) is 35.9. The fourth-order valence-corrected chi connectivity index (χ4v) is 27.8. The van der Waals surface area contributed by atoms with E-state index in [2.05, 4.69) is 65.4 Å². The molecule has 2 aliphatic rings. The first-order chi connectivity index (χ1) is 59.7. The maximum Gasteiger partial charge on any atom is 0.179 e. The maximum atomic E-state index is 15.4. The lowest BCUT2D eigenvalue weighted by atomic mass is 10.1. The van der Waals surface area contributed by atoms with Crippen molar-refractivity contribution in [3.8, 4) is 57.1 Å². The van der Waals surface area contributed by atoms with Crippen LogP contribution in [0.2, 0.25) is 0 Å². The van der Waals surface area contributed by atoms with Crippen LogP contribution in [0.5, 0.6) is 11.5 Å². The van der Waals surface area contributed by atoms with Gasteiger partial charge in [-0.05, 0) is 99.9 Å². The molecule has 0 amide bonds. The van der Waals surface area contributed by atoms with Gasteiger partial charge < -0.3 is 19.4 Å². The van der Waals surface area contributed by atoms with Crippen molar-refractivity contribution in [2.24, 2.45) is 0 Å². The third kappa shape index (κ3) is 28.8. The van der Waals surface area contributed by atoms with Crippen LogP contribution in [0.3, 0.4) is 0 Å². The second-order valence-corrected chi connectivity index (χ2v) is 47.2. The van der Waals surface area contributed by atoms with Crippen LogP contribution in [-0.2, 0) is 59.0 Å². The van der Waals surface area contributed by atoms with Gasteiger partial charge in [-0.1, -0.05) is 312 Å². The lowest BCUT2D eigenvalue weighted by molar-refractivity contribution is 0.258. The molecule has 0 radical (unpaired) electrons. The highest BCUT2D eigenvalue weighted by molar-refractivity contribution is 7.95. The molecule has 124 heavy (non-hydrogen) atoms. The average molecular weight is 1830 g/mol. The van der Waals surface area contributed by atoms with E-state index in [0.717, 1.165) is 231 Å². The van der Waals surface area contributed by atoms with Gasteiger partial charge in [0.1, 0.15) is 22.6 Å². The highest BCUT2D eigenvalue weighted by Crippen LogP contribution is 2.46. The number of benzene rings is 4. The van der Waals surface area contributed by atoms with Crippen molar-refractivity contribution in [2.75, 3.05) is 47.7 Å². The predicted octanol–water partition coefficient (Wildman–Crippen LogP) is 25.2. The van der Waals surface area contributed by atoms with Gasteiger partial charge in [0.2, 0.25) is 0 Å². The first kappa shape index (κ1) is 101. The molecule has 0 fully saturated rings. The molecule has 7 aromatic rings. The number of nitrogens with one attached hydrogen (secondary N) is 2. The summed E-state index contributed by atoms with van der Waals surface area (Å²) < 4.78 is 199. The van der Waals surface area contributed by atoms with Gasteiger partial charge in [0.15, 0.2) is 93.8 Å². The number of aromatic nitrogens is 8. The molecule has 0 unspecified atom stereocenters. The summed E-state index contributed by atoms with van der Waals surface area (Å²) in [5.41, 5.74) is 0.591. The van der Waals surface area contributed by atoms with Crippen LogP contribution in [0, 0.1) is 0 Å². The highest BCUT2D eigenvalue weighted by atomic mass is 32.2. The normalized spacial score (nSPS) is 12.8. The molecule has 690 valence electrons. The minimum atomic E-state index is -4.47. The number of unbranched alkanes of at least 4 members (excludes halogenated alkanes) is 40. The molecular weight excluding hydrogens is 1680 g/mol. The first-order valence-corrected chi connectivity index (χ1v) is 57.8. The van der Waals surface area contributed by atoms with Crippen LogP contribution in [0.15, 0.2) is 77.9 Å². The Balaban J connectivity index is 1.46. The molecule has 3 aromatic heterocycles. The summed E-state index contributed by atoms with van der Waals surface area (Å²) in [6, 6.07) is 11.6. The van der Waals surface area contributed by atoms with Crippen molar-refractivity contribution in [1.29, 1.82) is 0 Å². The Hall–Kier alpha value is -6.46. The third-order valence-electron chi connectivity index (χ3n) is 24.2. The summed E-state index contributed by atoms with van der Waals surface area (Å²) in [7, 11) is -26.6. The largest absolute Gasteiger partial charge is 0.490 e. The first-order valence-electron chi connectivity index (χ1n) is 47.9. The summed E-state index contributed by atoms with van der Waals surface area (Å²) in [6.07, 6.45) is 39.0. The van der Waals surface area contributed by atoms with Gasteiger partial charge in [-0.3, -0.25) is 0 Å². The molecule has 9 rings (SSSR count).